The van der Waals surface area contributed by atoms with Gasteiger partial charge in [-0.15, -0.1) is 0 Å². The summed E-state index contributed by atoms with van der Waals surface area (Å²) in [6, 6.07) is 0. The van der Waals surface area contributed by atoms with Gasteiger partial charge in [-0.2, -0.15) is 0 Å². The first-order valence-corrected chi connectivity index (χ1v) is 7.62. The Morgan fingerprint density at radius 1 is 1.16 bits per heavy atom. The summed E-state index contributed by atoms with van der Waals surface area (Å²) in [6.07, 6.45) is 7.93. The molecule has 2 aliphatic carbocycles. The second-order valence-corrected chi connectivity index (χ2v) is 6.52. The van der Waals surface area contributed by atoms with Crippen molar-refractivity contribution >= 4 is 5.97 Å². The van der Waals surface area contributed by atoms with Crippen molar-refractivity contribution in [3.05, 3.63) is 0 Å². The molecule has 0 spiro atoms. The van der Waals surface area contributed by atoms with Crippen LogP contribution in [0.2, 0.25) is 0 Å². The van der Waals surface area contributed by atoms with E-state index in [1.165, 1.54) is 32.6 Å². The molecule has 108 valence electrons. The smallest absolute Gasteiger partial charge is 0.302 e. The minimum atomic E-state index is -0.476. The highest BCUT2D eigenvalue weighted by atomic mass is 16.6. The van der Waals surface area contributed by atoms with Gasteiger partial charge in [0.15, 0.2) is 0 Å². The predicted octanol–water partition coefficient (Wildman–Crippen LogP) is 2.04. The molecule has 4 heteroatoms. The number of carbonyl (C=O) groups is 1. The fourth-order valence-corrected chi connectivity index (χ4v) is 3.94. The first-order chi connectivity index (χ1) is 9.11. The second kappa shape index (κ2) is 5.41. The fourth-order valence-electron chi connectivity index (χ4n) is 3.94. The van der Waals surface area contributed by atoms with Crippen molar-refractivity contribution in [3.8, 4) is 0 Å². The molecule has 3 rings (SSSR count). The molecule has 1 aliphatic heterocycles. The molecule has 6 atom stereocenters. The van der Waals surface area contributed by atoms with Gasteiger partial charge in [-0.1, -0.05) is 0 Å². The van der Waals surface area contributed by atoms with Gasteiger partial charge in [-0.3, -0.25) is 4.79 Å². The van der Waals surface area contributed by atoms with Crippen LogP contribution >= 0.6 is 0 Å². The third-order valence-electron chi connectivity index (χ3n) is 4.96. The van der Waals surface area contributed by atoms with Crippen LogP contribution < -0.4 is 0 Å². The van der Waals surface area contributed by atoms with E-state index in [0.717, 1.165) is 25.2 Å². The topological polar surface area (TPSA) is 59.1 Å². The van der Waals surface area contributed by atoms with Gasteiger partial charge < -0.3 is 14.6 Å². The van der Waals surface area contributed by atoms with E-state index in [2.05, 4.69) is 0 Å². The lowest BCUT2D eigenvalue weighted by Crippen LogP contribution is -2.37. The number of hydrogen-bond donors (Lipinski definition) is 1. The number of esters is 1. The van der Waals surface area contributed by atoms with Gasteiger partial charge >= 0.3 is 5.97 Å². The van der Waals surface area contributed by atoms with Crippen LogP contribution in [0, 0.1) is 11.8 Å². The average molecular weight is 268 g/mol. The minimum Gasteiger partial charge on any atom is -0.460 e. The SMILES string of the molecule is CC(=O)OC1CCC(CC2CCC3OC3C2)CC1O. The van der Waals surface area contributed by atoms with E-state index in [0.29, 0.717) is 18.1 Å². The van der Waals surface area contributed by atoms with Gasteiger partial charge in [0.2, 0.25) is 0 Å². The van der Waals surface area contributed by atoms with Gasteiger partial charge in [-0.05, 0) is 56.8 Å². The Bertz CT molecular complexity index is 343. The van der Waals surface area contributed by atoms with Crippen LogP contribution in [-0.4, -0.2) is 35.5 Å². The van der Waals surface area contributed by atoms with E-state index in [1.54, 1.807) is 0 Å². The van der Waals surface area contributed by atoms with Crippen LogP contribution in [0.1, 0.15) is 51.9 Å². The Balaban J connectivity index is 1.44. The predicted molar refractivity (Wildman–Crippen MR) is 69.5 cm³/mol. The van der Waals surface area contributed by atoms with Crippen molar-refractivity contribution in [3.63, 3.8) is 0 Å². The Morgan fingerprint density at radius 2 is 1.89 bits per heavy atom. The first-order valence-electron chi connectivity index (χ1n) is 7.62. The molecule has 0 aromatic rings. The lowest BCUT2D eigenvalue weighted by molar-refractivity contribution is -0.156. The summed E-state index contributed by atoms with van der Waals surface area (Å²) in [4.78, 5) is 10.9. The summed E-state index contributed by atoms with van der Waals surface area (Å²) in [5, 5.41) is 10.1. The summed E-state index contributed by atoms with van der Waals surface area (Å²) in [5.74, 6) is 1.07. The number of hydrogen-bond acceptors (Lipinski definition) is 4. The molecule has 0 aromatic heterocycles. The molecule has 4 nitrogen and oxygen atoms in total. The summed E-state index contributed by atoms with van der Waals surface area (Å²) >= 11 is 0. The maximum Gasteiger partial charge on any atom is 0.302 e. The maximum absolute atomic E-state index is 10.9. The van der Waals surface area contributed by atoms with Crippen LogP contribution in [0.5, 0.6) is 0 Å². The molecule has 1 N–H and O–H groups in total. The van der Waals surface area contributed by atoms with Gasteiger partial charge in [-0.25, -0.2) is 0 Å². The highest BCUT2D eigenvalue weighted by Crippen LogP contribution is 2.43. The Morgan fingerprint density at radius 3 is 2.58 bits per heavy atom. The zero-order valence-electron chi connectivity index (χ0n) is 11.6. The Labute approximate surface area is 114 Å². The first kappa shape index (κ1) is 13.4. The average Bonchev–Trinajstić information content (AvgIpc) is 3.10. The number of aliphatic hydroxyl groups is 1. The Kier molecular flexibility index (Phi) is 3.81. The van der Waals surface area contributed by atoms with Crippen LogP contribution in [-0.2, 0) is 14.3 Å². The van der Waals surface area contributed by atoms with Crippen molar-refractivity contribution in [2.24, 2.45) is 11.8 Å². The van der Waals surface area contributed by atoms with Crippen LogP contribution in [0.4, 0.5) is 0 Å². The van der Waals surface area contributed by atoms with Crippen LogP contribution in [0.3, 0.4) is 0 Å². The van der Waals surface area contributed by atoms with Crippen molar-refractivity contribution in [1.29, 1.82) is 0 Å². The normalized spacial score (nSPS) is 45.4. The van der Waals surface area contributed by atoms with E-state index in [-0.39, 0.29) is 12.1 Å². The minimum absolute atomic E-state index is 0.281. The van der Waals surface area contributed by atoms with E-state index in [9.17, 15) is 9.90 Å². The van der Waals surface area contributed by atoms with Crippen molar-refractivity contribution in [2.75, 3.05) is 0 Å². The number of carbonyl (C=O) groups excluding carboxylic acids is 1. The molecule has 6 unspecified atom stereocenters. The molecule has 1 heterocycles. The van der Waals surface area contributed by atoms with Gasteiger partial charge in [0, 0.05) is 6.92 Å². The van der Waals surface area contributed by atoms with Gasteiger partial charge in [0.25, 0.3) is 0 Å². The van der Waals surface area contributed by atoms with Gasteiger partial charge in [0.05, 0.1) is 18.3 Å². The van der Waals surface area contributed by atoms with E-state index in [1.807, 2.05) is 0 Å². The van der Waals surface area contributed by atoms with Crippen molar-refractivity contribution < 1.29 is 19.4 Å². The molecule has 0 aromatic carbocycles. The third-order valence-corrected chi connectivity index (χ3v) is 4.96. The number of aliphatic hydroxyl groups excluding tert-OH is 1. The highest BCUT2D eigenvalue weighted by molar-refractivity contribution is 5.66. The molecule has 0 amide bonds. The number of fused-ring (bicyclic) bond motifs is 1. The van der Waals surface area contributed by atoms with E-state index in [4.69, 9.17) is 9.47 Å². The van der Waals surface area contributed by atoms with Crippen molar-refractivity contribution in [2.45, 2.75) is 76.3 Å². The molecular formula is C15H24O4. The molecule has 2 saturated carbocycles. The number of rotatable bonds is 3. The summed E-state index contributed by atoms with van der Waals surface area (Å²) in [6.45, 7) is 1.41. The van der Waals surface area contributed by atoms with Crippen LogP contribution in [0.25, 0.3) is 0 Å². The quantitative estimate of drug-likeness (QED) is 0.628. The van der Waals surface area contributed by atoms with Gasteiger partial charge in [0.1, 0.15) is 6.10 Å². The van der Waals surface area contributed by atoms with E-state index >= 15 is 0 Å². The lowest BCUT2D eigenvalue weighted by Gasteiger charge is -2.34. The fraction of sp³-hybridized carbons (Fsp3) is 0.933. The zero-order valence-corrected chi connectivity index (χ0v) is 11.6. The molecule has 3 aliphatic rings. The molecule has 3 fully saturated rings. The largest absolute Gasteiger partial charge is 0.460 e. The lowest BCUT2D eigenvalue weighted by atomic mass is 9.76. The maximum atomic E-state index is 10.9. The molecule has 0 radical (unpaired) electrons. The summed E-state index contributed by atoms with van der Waals surface area (Å²) in [7, 11) is 0. The highest BCUT2D eigenvalue weighted by Gasteiger charge is 2.44. The molecule has 19 heavy (non-hydrogen) atoms. The van der Waals surface area contributed by atoms with Crippen LogP contribution in [0.15, 0.2) is 0 Å². The van der Waals surface area contributed by atoms with Crippen molar-refractivity contribution in [1.82, 2.24) is 0 Å². The standard InChI is InChI=1S/C15H24O4/c1-9(16)18-13-4-2-10(7-12(13)17)6-11-3-5-14-15(8-11)19-14/h10-15,17H,2-8H2,1H3. The second-order valence-electron chi connectivity index (χ2n) is 6.52. The number of epoxide rings is 1. The Hall–Kier alpha value is -0.610. The molecule has 1 saturated heterocycles. The third kappa shape index (κ3) is 3.29. The molecular weight excluding hydrogens is 244 g/mol. The van der Waals surface area contributed by atoms with E-state index < -0.39 is 6.10 Å². The zero-order chi connectivity index (χ0) is 13.4. The summed E-state index contributed by atoms with van der Waals surface area (Å²) < 4.78 is 10.7. The monoisotopic (exact) mass is 268 g/mol. The summed E-state index contributed by atoms with van der Waals surface area (Å²) in [5.41, 5.74) is 0. The number of ether oxygens (including phenoxy) is 2. The molecule has 0 bridgehead atoms.